The van der Waals surface area contributed by atoms with Gasteiger partial charge in [-0.15, -0.1) is 0 Å². The van der Waals surface area contributed by atoms with Crippen molar-refractivity contribution in [3.05, 3.63) is 24.0 Å². The van der Waals surface area contributed by atoms with E-state index in [2.05, 4.69) is 10.6 Å². The highest BCUT2D eigenvalue weighted by atomic mass is 19.1. The summed E-state index contributed by atoms with van der Waals surface area (Å²) in [6, 6.07) is 3.25. The number of anilines is 2. The molecule has 4 N–H and O–H groups in total. The standard InChI is InChI=1S/C15H20FN3O3/c1-9(20)18-11-2-3-12(16)13(8-11)19-15(21)14(17)10-4-6-22-7-5-10/h2-3,8,10,14H,4-7,17H2,1H3,(H,18,20)(H,19,21). The van der Waals surface area contributed by atoms with Gasteiger partial charge in [0.2, 0.25) is 11.8 Å². The van der Waals surface area contributed by atoms with Crippen molar-refractivity contribution in [1.29, 1.82) is 0 Å². The first kappa shape index (κ1) is 16.4. The number of amides is 2. The van der Waals surface area contributed by atoms with Gasteiger partial charge in [-0.05, 0) is 37.0 Å². The SMILES string of the molecule is CC(=O)Nc1ccc(F)c(NC(=O)C(N)C2CCOCC2)c1. The lowest BCUT2D eigenvalue weighted by molar-refractivity contribution is -0.119. The Bertz CT molecular complexity index is 559. The number of halogens is 1. The van der Waals surface area contributed by atoms with Crippen molar-refractivity contribution in [3.63, 3.8) is 0 Å². The van der Waals surface area contributed by atoms with Gasteiger partial charge in [0.05, 0.1) is 11.7 Å². The van der Waals surface area contributed by atoms with Crippen LogP contribution in [0, 0.1) is 11.7 Å². The van der Waals surface area contributed by atoms with Crippen LogP contribution in [0.1, 0.15) is 19.8 Å². The molecule has 1 atom stereocenters. The molecule has 7 heteroatoms. The van der Waals surface area contributed by atoms with Gasteiger partial charge in [-0.1, -0.05) is 0 Å². The molecular weight excluding hydrogens is 289 g/mol. The number of nitrogens with two attached hydrogens (primary N) is 1. The van der Waals surface area contributed by atoms with E-state index >= 15 is 0 Å². The molecule has 120 valence electrons. The molecule has 0 bridgehead atoms. The topological polar surface area (TPSA) is 93.5 Å². The van der Waals surface area contributed by atoms with E-state index < -0.39 is 17.8 Å². The molecule has 2 rings (SSSR count). The Labute approximate surface area is 128 Å². The van der Waals surface area contributed by atoms with Gasteiger partial charge in [-0.2, -0.15) is 0 Å². The second-order valence-corrected chi connectivity index (χ2v) is 5.34. The van der Waals surface area contributed by atoms with E-state index in [1.165, 1.54) is 25.1 Å². The number of rotatable bonds is 4. The molecular formula is C15H20FN3O3. The van der Waals surface area contributed by atoms with Crippen molar-refractivity contribution in [2.24, 2.45) is 11.7 Å². The summed E-state index contributed by atoms with van der Waals surface area (Å²) in [5, 5.41) is 5.02. The number of carbonyl (C=O) groups is 2. The lowest BCUT2D eigenvalue weighted by Gasteiger charge is -2.26. The Morgan fingerprint density at radius 1 is 1.32 bits per heavy atom. The third-order valence-corrected chi connectivity index (χ3v) is 3.62. The molecule has 0 saturated carbocycles. The van der Waals surface area contributed by atoms with Gasteiger partial charge in [0.15, 0.2) is 0 Å². The fourth-order valence-corrected chi connectivity index (χ4v) is 2.41. The van der Waals surface area contributed by atoms with Crippen LogP contribution in [0.15, 0.2) is 18.2 Å². The Morgan fingerprint density at radius 3 is 2.64 bits per heavy atom. The van der Waals surface area contributed by atoms with E-state index in [0.717, 1.165) is 0 Å². The maximum atomic E-state index is 13.8. The molecule has 1 heterocycles. The summed E-state index contributed by atoms with van der Waals surface area (Å²) in [7, 11) is 0. The van der Waals surface area contributed by atoms with Crippen LogP contribution in [0.25, 0.3) is 0 Å². The first-order chi connectivity index (χ1) is 10.5. The van der Waals surface area contributed by atoms with Gasteiger partial charge in [0.1, 0.15) is 5.82 Å². The second-order valence-electron chi connectivity index (χ2n) is 5.34. The molecule has 2 amide bonds. The Morgan fingerprint density at radius 2 is 2.00 bits per heavy atom. The largest absolute Gasteiger partial charge is 0.381 e. The van der Waals surface area contributed by atoms with E-state index in [0.29, 0.717) is 31.7 Å². The van der Waals surface area contributed by atoms with Crippen molar-refractivity contribution in [1.82, 2.24) is 0 Å². The summed E-state index contributed by atoms with van der Waals surface area (Å²) in [5.74, 6) is -1.27. The van der Waals surface area contributed by atoms with Crippen LogP contribution < -0.4 is 16.4 Å². The number of carbonyl (C=O) groups excluding carboxylic acids is 2. The summed E-state index contributed by atoms with van der Waals surface area (Å²) >= 11 is 0. The Hall–Kier alpha value is -1.99. The molecule has 1 aliphatic rings. The zero-order valence-corrected chi connectivity index (χ0v) is 12.4. The van der Waals surface area contributed by atoms with Crippen LogP contribution in [-0.2, 0) is 14.3 Å². The smallest absolute Gasteiger partial charge is 0.241 e. The number of ether oxygens (including phenoxy) is 1. The summed E-state index contributed by atoms with van der Waals surface area (Å²) in [6.45, 7) is 2.51. The van der Waals surface area contributed by atoms with Crippen molar-refractivity contribution in [2.45, 2.75) is 25.8 Å². The maximum absolute atomic E-state index is 13.8. The van der Waals surface area contributed by atoms with Crippen LogP contribution in [0.2, 0.25) is 0 Å². The van der Waals surface area contributed by atoms with Gasteiger partial charge in [0.25, 0.3) is 0 Å². The summed E-state index contributed by atoms with van der Waals surface area (Å²) in [5.41, 5.74) is 6.35. The van der Waals surface area contributed by atoms with E-state index in [1.54, 1.807) is 0 Å². The summed E-state index contributed by atoms with van der Waals surface area (Å²) < 4.78 is 19.0. The Kier molecular flexibility index (Phi) is 5.46. The first-order valence-electron chi connectivity index (χ1n) is 7.18. The van der Waals surface area contributed by atoms with Crippen LogP contribution in [-0.4, -0.2) is 31.1 Å². The third kappa shape index (κ3) is 4.25. The molecule has 1 saturated heterocycles. The highest BCUT2D eigenvalue weighted by molar-refractivity contribution is 5.96. The van der Waals surface area contributed by atoms with Crippen LogP contribution in [0.3, 0.4) is 0 Å². The lowest BCUT2D eigenvalue weighted by atomic mass is 9.92. The van der Waals surface area contributed by atoms with Gasteiger partial charge in [0, 0.05) is 25.8 Å². The maximum Gasteiger partial charge on any atom is 0.241 e. The van der Waals surface area contributed by atoms with Gasteiger partial charge in [-0.3, -0.25) is 9.59 Å². The normalized spacial score (nSPS) is 16.9. The lowest BCUT2D eigenvalue weighted by Crippen LogP contribution is -2.44. The van der Waals surface area contributed by atoms with Gasteiger partial charge < -0.3 is 21.1 Å². The molecule has 1 aromatic rings. The van der Waals surface area contributed by atoms with Crippen LogP contribution >= 0.6 is 0 Å². The van der Waals surface area contributed by atoms with E-state index in [1.807, 2.05) is 0 Å². The molecule has 1 fully saturated rings. The van der Waals surface area contributed by atoms with Crippen molar-refractivity contribution in [3.8, 4) is 0 Å². The molecule has 6 nitrogen and oxygen atoms in total. The highest BCUT2D eigenvalue weighted by Gasteiger charge is 2.27. The van der Waals surface area contributed by atoms with Gasteiger partial charge >= 0.3 is 0 Å². The third-order valence-electron chi connectivity index (χ3n) is 3.62. The van der Waals surface area contributed by atoms with E-state index in [-0.39, 0.29) is 17.5 Å². The second kappa shape index (κ2) is 7.33. The summed E-state index contributed by atoms with van der Waals surface area (Å²) in [4.78, 5) is 23.2. The molecule has 0 aliphatic carbocycles. The number of benzene rings is 1. The minimum atomic E-state index is -0.715. The predicted octanol–water partition coefficient (Wildman–Crippen LogP) is 1.48. The van der Waals surface area contributed by atoms with E-state index in [9.17, 15) is 14.0 Å². The van der Waals surface area contributed by atoms with Crippen LogP contribution in [0.4, 0.5) is 15.8 Å². The highest BCUT2D eigenvalue weighted by Crippen LogP contribution is 2.22. The predicted molar refractivity (Wildman–Crippen MR) is 80.9 cm³/mol. The van der Waals surface area contributed by atoms with E-state index in [4.69, 9.17) is 10.5 Å². The molecule has 1 unspecified atom stereocenters. The molecule has 0 radical (unpaired) electrons. The van der Waals surface area contributed by atoms with Gasteiger partial charge in [-0.25, -0.2) is 4.39 Å². The van der Waals surface area contributed by atoms with Crippen molar-refractivity contribution < 1.29 is 18.7 Å². The minimum absolute atomic E-state index is 0.00115. The zero-order valence-electron chi connectivity index (χ0n) is 12.4. The Balaban J connectivity index is 2.05. The molecule has 1 aromatic carbocycles. The van der Waals surface area contributed by atoms with Crippen molar-refractivity contribution >= 4 is 23.2 Å². The number of nitrogens with one attached hydrogen (secondary N) is 2. The minimum Gasteiger partial charge on any atom is -0.381 e. The van der Waals surface area contributed by atoms with Crippen molar-refractivity contribution in [2.75, 3.05) is 23.8 Å². The molecule has 22 heavy (non-hydrogen) atoms. The first-order valence-corrected chi connectivity index (χ1v) is 7.18. The van der Waals surface area contributed by atoms with Crippen LogP contribution in [0.5, 0.6) is 0 Å². The average molecular weight is 309 g/mol. The number of hydrogen-bond donors (Lipinski definition) is 3. The molecule has 1 aliphatic heterocycles. The molecule has 0 spiro atoms. The fraction of sp³-hybridized carbons (Fsp3) is 0.467. The number of hydrogen-bond acceptors (Lipinski definition) is 4. The fourth-order valence-electron chi connectivity index (χ4n) is 2.41. The zero-order chi connectivity index (χ0) is 16.1. The quantitative estimate of drug-likeness (QED) is 0.785. The average Bonchev–Trinajstić information content (AvgIpc) is 2.50. The summed E-state index contributed by atoms with van der Waals surface area (Å²) in [6.07, 6.45) is 1.42. The molecule has 0 aromatic heterocycles. The monoisotopic (exact) mass is 309 g/mol.